The summed E-state index contributed by atoms with van der Waals surface area (Å²) in [7, 11) is 0. The summed E-state index contributed by atoms with van der Waals surface area (Å²) in [6.07, 6.45) is 1.45. The SMILES string of the molecule is Cc1ccc(COC(=O)c2ccco2)cc1. The van der Waals surface area contributed by atoms with E-state index in [0.717, 1.165) is 5.56 Å². The molecule has 3 nitrogen and oxygen atoms in total. The lowest BCUT2D eigenvalue weighted by molar-refractivity contribution is 0.0436. The number of aryl methyl sites for hydroxylation is 1. The molecular formula is C13H12O3. The molecule has 0 saturated carbocycles. The molecule has 0 saturated heterocycles. The zero-order chi connectivity index (χ0) is 11.4. The Bertz CT molecular complexity index is 454. The lowest BCUT2D eigenvalue weighted by Crippen LogP contribution is -2.03. The fraction of sp³-hybridized carbons (Fsp3) is 0.154. The number of carbonyl (C=O) groups excluding carboxylic acids is 1. The van der Waals surface area contributed by atoms with Crippen molar-refractivity contribution in [1.82, 2.24) is 0 Å². The van der Waals surface area contributed by atoms with Gasteiger partial charge in [0.1, 0.15) is 6.61 Å². The molecule has 0 aliphatic carbocycles. The van der Waals surface area contributed by atoms with Crippen LogP contribution in [0, 0.1) is 6.92 Å². The molecule has 0 unspecified atom stereocenters. The molecule has 1 aromatic carbocycles. The lowest BCUT2D eigenvalue weighted by Gasteiger charge is -2.03. The van der Waals surface area contributed by atoms with Crippen molar-refractivity contribution in [3.05, 3.63) is 59.5 Å². The predicted molar refractivity (Wildman–Crippen MR) is 59.0 cm³/mol. The minimum atomic E-state index is -0.439. The highest BCUT2D eigenvalue weighted by Gasteiger charge is 2.09. The molecule has 0 bridgehead atoms. The first-order chi connectivity index (χ1) is 7.75. The Morgan fingerprint density at radius 3 is 2.62 bits per heavy atom. The maximum atomic E-state index is 11.4. The Labute approximate surface area is 93.7 Å². The third kappa shape index (κ3) is 2.51. The minimum absolute atomic E-state index is 0.229. The maximum Gasteiger partial charge on any atom is 0.374 e. The first kappa shape index (κ1) is 10.5. The molecule has 0 spiro atoms. The molecule has 16 heavy (non-hydrogen) atoms. The Morgan fingerprint density at radius 1 is 1.25 bits per heavy atom. The highest BCUT2D eigenvalue weighted by molar-refractivity contribution is 5.86. The molecule has 0 atom stereocenters. The zero-order valence-electron chi connectivity index (χ0n) is 8.97. The Morgan fingerprint density at radius 2 is 2.00 bits per heavy atom. The molecule has 2 rings (SSSR count). The number of rotatable bonds is 3. The summed E-state index contributed by atoms with van der Waals surface area (Å²) < 4.78 is 10.0. The van der Waals surface area contributed by atoms with Crippen LogP contribution in [0.3, 0.4) is 0 Å². The Hall–Kier alpha value is -2.03. The van der Waals surface area contributed by atoms with Gasteiger partial charge >= 0.3 is 5.97 Å². The van der Waals surface area contributed by atoms with E-state index in [9.17, 15) is 4.79 Å². The summed E-state index contributed by atoms with van der Waals surface area (Å²) in [6, 6.07) is 11.1. The van der Waals surface area contributed by atoms with Gasteiger partial charge in [-0.3, -0.25) is 0 Å². The summed E-state index contributed by atoms with van der Waals surface area (Å²) in [5.41, 5.74) is 2.15. The van der Waals surface area contributed by atoms with E-state index < -0.39 is 5.97 Å². The van der Waals surface area contributed by atoms with Gasteiger partial charge in [-0.2, -0.15) is 0 Å². The van der Waals surface area contributed by atoms with Crippen molar-refractivity contribution in [2.45, 2.75) is 13.5 Å². The van der Waals surface area contributed by atoms with E-state index in [0.29, 0.717) is 0 Å². The number of ether oxygens (including phenoxy) is 1. The smallest absolute Gasteiger partial charge is 0.374 e. The second-order valence-corrected chi connectivity index (χ2v) is 3.54. The van der Waals surface area contributed by atoms with Gasteiger partial charge in [0.25, 0.3) is 0 Å². The summed E-state index contributed by atoms with van der Waals surface area (Å²) in [5, 5.41) is 0. The summed E-state index contributed by atoms with van der Waals surface area (Å²) in [5.74, 6) is -0.210. The second kappa shape index (κ2) is 4.66. The van der Waals surface area contributed by atoms with Gasteiger partial charge in [0.2, 0.25) is 5.76 Å². The fourth-order valence-electron chi connectivity index (χ4n) is 1.30. The molecule has 3 heteroatoms. The first-order valence-corrected chi connectivity index (χ1v) is 5.02. The van der Waals surface area contributed by atoms with Crippen molar-refractivity contribution in [3.8, 4) is 0 Å². The van der Waals surface area contributed by atoms with Crippen LogP contribution < -0.4 is 0 Å². The van der Waals surface area contributed by atoms with Crippen LogP contribution in [0.5, 0.6) is 0 Å². The van der Waals surface area contributed by atoms with Crippen molar-refractivity contribution in [2.24, 2.45) is 0 Å². The zero-order valence-corrected chi connectivity index (χ0v) is 8.97. The molecular weight excluding hydrogens is 204 g/mol. The molecule has 1 heterocycles. The number of carbonyl (C=O) groups is 1. The molecule has 2 aromatic rings. The highest BCUT2D eigenvalue weighted by Crippen LogP contribution is 2.07. The summed E-state index contributed by atoms with van der Waals surface area (Å²) >= 11 is 0. The average molecular weight is 216 g/mol. The fourth-order valence-corrected chi connectivity index (χ4v) is 1.30. The average Bonchev–Trinajstić information content (AvgIpc) is 2.81. The van der Waals surface area contributed by atoms with Crippen molar-refractivity contribution in [3.63, 3.8) is 0 Å². The van der Waals surface area contributed by atoms with Gasteiger partial charge in [-0.15, -0.1) is 0 Å². The predicted octanol–water partition coefficient (Wildman–Crippen LogP) is 2.95. The van der Waals surface area contributed by atoms with Crippen LogP contribution in [0.25, 0.3) is 0 Å². The molecule has 82 valence electrons. The topological polar surface area (TPSA) is 39.4 Å². The standard InChI is InChI=1S/C13H12O3/c1-10-4-6-11(7-5-10)9-16-13(14)12-3-2-8-15-12/h2-8H,9H2,1H3. The van der Waals surface area contributed by atoms with Crippen LogP contribution in [0.2, 0.25) is 0 Å². The third-order valence-electron chi connectivity index (χ3n) is 2.21. The quantitative estimate of drug-likeness (QED) is 0.740. The van der Waals surface area contributed by atoms with Gasteiger partial charge in [-0.1, -0.05) is 29.8 Å². The first-order valence-electron chi connectivity index (χ1n) is 5.02. The van der Waals surface area contributed by atoms with Crippen molar-refractivity contribution in [1.29, 1.82) is 0 Å². The molecule has 0 N–H and O–H groups in total. The van der Waals surface area contributed by atoms with E-state index in [-0.39, 0.29) is 12.4 Å². The molecule has 0 aliphatic heterocycles. The van der Waals surface area contributed by atoms with Crippen molar-refractivity contribution >= 4 is 5.97 Å². The summed E-state index contributed by atoms with van der Waals surface area (Å²) in [4.78, 5) is 11.4. The molecule has 0 aliphatic rings. The summed E-state index contributed by atoms with van der Waals surface area (Å²) in [6.45, 7) is 2.28. The number of benzene rings is 1. The normalized spacial score (nSPS) is 10.1. The lowest BCUT2D eigenvalue weighted by atomic mass is 10.2. The van der Waals surface area contributed by atoms with E-state index >= 15 is 0 Å². The van der Waals surface area contributed by atoms with Gasteiger partial charge in [0.05, 0.1) is 6.26 Å². The van der Waals surface area contributed by atoms with E-state index in [2.05, 4.69) is 0 Å². The largest absolute Gasteiger partial charge is 0.457 e. The van der Waals surface area contributed by atoms with Gasteiger partial charge in [-0.25, -0.2) is 4.79 Å². The van der Waals surface area contributed by atoms with Crippen LogP contribution >= 0.6 is 0 Å². The van der Waals surface area contributed by atoms with E-state index in [1.54, 1.807) is 12.1 Å². The second-order valence-electron chi connectivity index (χ2n) is 3.54. The van der Waals surface area contributed by atoms with Crippen LogP contribution in [-0.2, 0) is 11.3 Å². The van der Waals surface area contributed by atoms with Gasteiger partial charge in [0.15, 0.2) is 0 Å². The van der Waals surface area contributed by atoms with Crippen LogP contribution in [-0.4, -0.2) is 5.97 Å². The van der Waals surface area contributed by atoms with Crippen molar-refractivity contribution < 1.29 is 13.9 Å². The minimum Gasteiger partial charge on any atom is -0.457 e. The molecule has 0 radical (unpaired) electrons. The highest BCUT2D eigenvalue weighted by atomic mass is 16.5. The third-order valence-corrected chi connectivity index (χ3v) is 2.21. The Balaban J connectivity index is 1.93. The molecule has 0 fully saturated rings. The number of furan rings is 1. The maximum absolute atomic E-state index is 11.4. The monoisotopic (exact) mass is 216 g/mol. The van der Waals surface area contributed by atoms with Gasteiger partial charge < -0.3 is 9.15 Å². The van der Waals surface area contributed by atoms with E-state index in [4.69, 9.17) is 9.15 Å². The van der Waals surface area contributed by atoms with Crippen molar-refractivity contribution in [2.75, 3.05) is 0 Å². The van der Waals surface area contributed by atoms with Crippen LogP contribution in [0.1, 0.15) is 21.7 Å². The van der Waals surface area contributed by atoms with Gasteiger partial charge in [-0.05, 0) is 24.6 Å². The Kier molecular flexibility index (Phi) is 3.05. The number of hydrogen-bond acceptors (Lipinski definition) is 3. The molecule has 0 amide bonds. The van der Waals surface area contributed by atoms with E-state index in [1.165, 1.54) is 11.8 Å². The number of hydrogen-bond donors (Lipinski definition) is 0. The number of esters is 1. The van der Waals surface area contributed by atoms with Crippen LogP contribution in [0.15, 0.2) is 47.1 Å². The molecule has 1 aromatic heterocycles. The van der Waals surface area contributed by atoms with Crippen LogP contribution in [0.4, 0.5) is 0 Å². The van der Waals surface area contributed by atoms with Gasteiger partial charge in [0, 0.05) is 0 Å². The van der Waals surface area contributed by atoms with E-state index in [1.807, 2.05) is 31.2 Å².